The van der Waals surface area contributed by atoms with Crippen LogP contribution in [0.5, 0.6) is 11.8 Å². The van der Waals surface area contributed by atoms with Crippen LogP contribution in [0.2, 0.25) is 18.1 Å². The van der Waals surface area contributed by atoms with Crippen LogP contribution in [0.25, 0.3) is 0 Å². The summed E-state index contributed by atoms with van der Waals surface area (Å²) in [6.45, 7) is 11.2. The number of rotatable bonds is 5. The second-order valence-electron chi connectivity index (χ2n) is 6.97. The molecule has 0 aliphatic carbocycles. The van der Waals surface area contributed by atoms with Gasteiger partial charge < -0.3 is 14.5 Å². The van der Waals surface area contributed by atoms with Gasteiger partial charge in [-0.3, -0.25) is 0 Å². The van der Waals surface area contributed by atoms with Crippen molar-refractivity contribution in [3.8, 4) is 11.8 Å². The molecule has 0 saturated heterocycles. The van der Waals surface area contributed by atoms with Gasteiger partial charge in [0.05, 0.1) is 25.2 Å². The van der Waals surface area contributed by atoms with Gasteiger partial charge in [0.1, 0.15) is 5.75 Å². The standard InChI is InChI=1S/C17H25N3O2Si/c1-17(2,3)23(5,6)22-15-9-7-13(8-10-15)20-14-11-18-16(21-4)19-12-14/h7-12,20H,1-6H3. The van der Waals surface area contributed by atoms with Crippen LogP contribution in [-0.2, 0) is 0 Å². The highest BCUT2D eigenvalue weighted by molar-refractivity contribution is 6.74. The Morgan fingerprint density at radius 1 is 0.957 bits per heavy atom. The zero-order valence-electron chi connectivity index (χ0n) is 14.7. The third-order valence-electron chi connectivity index (χ3n) is 4.13. The highest BCUT2D eigenvalue weighted by atomic mass is 28.4. The Balaban J connectivity index is 2.04. The van der Waals surface area contributed by atoms with Gasteiger partial charge in [-0.05, 0) is 42.4 Å². The summed E-state index contributed by atoms with van der Waals surface area (Å²) in [5.41, 5.74) is 1.77. The summed E-state index contributed by atoms with van der Waals surface area (Å²) in [6, 6.07) is 8.33. The lowest BCUT2D eigenvalue weighted by Crippen LogP contribution is -2.43. The largest absolute Gasteiger partial charge is 0.544 e. The summed E-state index contributed by atoms with van der Waals surface area (Å²) < 4.78 is 11.2. The van der Waals surface area contributed by atoms with E-state index in [1.54, 1.807) is 19.5 Å². The van der Waals surface area contributed by atoms with E-state index in [1.165, 1.54) is 0 Å². The molecule has 2 aromatic rings. The monoisotopic (exact) mass is 331 g/mol. The maximum atomic E-state index is 6.27. The Labute approximate surface area is 139 Å². The molecule has 0 aliphatic rings. The van der Waals surface area contributed by atoms with E-state index in [0.717, 1.165) is 17.1 Å². The number of aromatic nitrogens is 2. The van der Waals surface area contributed by atoms with Crippen molar-refractivity contribution in [3.63, 3.8) is 0 Å². The first-order valence-corrected chi connectivity index (χ1v) is 10.5. The Morgan fingerprint density at radius 3 is 2.00 bits per heavy atom. The summed E-state index contributed by atoms with van der Waals surface area (Å²) in [5.74, 6) is 0.910. The van der Waals surface area contributed by atoms with E-state index in [4.69, 9.17) is 9.16 Å². The van der Waals surface area contributed by atoms with Crippen LogP contribution in [0.4, 0.5) is 11.4 Å². The van der Waals surface area contributed by atoms with Gasteiger partial charge in [-0.2, -0.15) is 0 Å². The number of ether oxygens (including phenoxy) is 1. The van der Waals surface area contributed by atoms with Crippen molar-refractivity contribution in [2.45, 2.75) is 38.9 Å². The molecule has 1 heterocycles. The first kappa shape index (κ1) is 17.3. The number of nitrogens with zero attached hydrogens (tertiary/aromatic N) is 2. The van der Waals surface area contributed by atoms with Gasteiger partial charge in [0.2, 0.25) is 8.32 Å². The van der Waals surface area contributed by atoms with Crippen molar-refractivity contribution >= 4 is 19.7 Å². The Hall–Kier alpha value is -2.08. The molecule has 5 nitrogen and oxygen atoms in total. The Morgan fingerprint density at radius 2 is 1.52 bits per heavy atom. The second kappa shape index (κ2) is 6.58. The number of hydrogen-bond donors (Lipinski definition) is 1. The highest BCUT2D eigenvalue weighted by Gasteiger charge is 2.38. The van der Waals surface area contributed by atoms with Gasteiger partial charge in [0.25, 0.3) is 0 Å². The number of methoxy groups -OCH3 is 1. The second-order valence-corrected chi connectivity index (χ2v) is 11.7. The van der Waals surface area contributed by atoms with Crippen molar-refractivity contribution < 1.29 is 9.16 Å². The third kappa shape index (κ3) is 4.45. The minimum Gasteiger partial charge on any atom is -0.544 e. The van der Waals surface area contributed by atoms with Gasteiger partial charge in [0, 0.05) is 5.69 Å². The van der Waals surface area contributed by atoms with Crippen molar-refractivity contribution in [1.29, 1.82) is 0 Å². The molecule has 1 aromatic heterocycles. The van der Waals surface area contributed by atoms with E-state index in [-0.39, 0.29) is 5.04 Å². The van der Waals surface area contributed by atoms with Crippen LogP contribution in [0.1, 0.15) is 20.8 Å². The first-order valence-electron chi connectivity index (χ1n) is 7.63. The minimum absolute atomic E-state index is 0.185. The predicted octanol–water partition coefficient (Wildman–Crippen LogP) is 4.61. The number of hydrogen-bond acceptors (Lipinski definition) is 5. The van der Waals surface area contributed by atoms with Gasteiger partial charge in [-0.25, -0.2) is 9.97 Å². The normalized spacial score (nSPS) is 11.9. The summed E-state index contributed by atoms with van der Waals surface area (Å²) >= 11 is 0. The molecular formula is C17H25N3O2Si. The van der Waals surface area contributed by atoms with Crippen molar-refractivity contribution in [2.24, 2.45) is 0 Å². The minimum atomic E-state index is -1.80. The topological polar surface area (TPSA) is 56.3 Å². The van der Waals surface area contributed by atoms with Gasteiger partial charge >= 0.3 is 6.01 Å². The molecule has 2 rings (SSSR count). The third-order valence-corrected chi connectivity index (χ3v) is 8.49. The summed E-state index contributed by atoms with van der Waals surface area (Å²) in [5, 5.41) is 3.44. The molecule has 0 bridgehead atoms. The molecule has 0 spiro atoms. The van der Waals surface area contributed by atoms with Crippen molar-refractivity contribution in [2.75, 3.05) is 12.4 Å². The van der Waals surface area contributed by atoms with Crippen LogP contribution in [0.3, 0.4) is 0 Å². The fourth-order valence-corrected chi connectivity index (χ4v) is 2.74. The SMILES string of the molecule is COc1ncc(Nc2ccc(O[Si](C)(C)C(C)(C)C)cc2)cn1. The van der Waals surface area contributed by atoms with Crippen LogP contribution in [0, 0.1) is 0 Å². The van der Waals surface area contributed by atoms with Gasteiger partial charge in [-0.15, -0.1) is 0 Å². The van der Waals surface area contributed by atoms with Crippen LogP contribution in [0.15, 0.2) is 36.7 Å². The fraction of sp³-hybridized carbons (Fsp3) is 0.412. The number of anilines is 2. The lowest BCUT2D eigenvalue weighted by Gasteiger charge is -2.36. The van der Waals surface area contributed by atoms with Crippen LogP contribution >= 0.6 is 0 Å². The lowest BCUT2D eigenvalue weighted by atomic mass is 10.2. The van der Waals surface area contributed by atoms with E-state index in [9.17, 15) is 0 Å². The molecule has 0 fully saturated rings. The van der Waals surface area contributed by atoms with Crippen molar-refractivity contribution in [1.82, 2.24) is 9.97 Å². The average molecular weight is 331 g/mol. The maximum absolute atomic E-state index is 6.27. The molecule has 6 heteroatoms. The van der Waals surface area contributed by atoms with E-state index in [1.807, 2.05) is 24.3 Å². The fourth-order valence-electron chi connectivity index (χ4n) is 1.71. The Bertz CT molecular complexity index is 634. The molecule has 0 atom stereocenters. The molecular weight excluding hydrogens is 306 g/mol. The summed E-state index contributed by atoms with van der Waals surface area (Å²) in [7, 11) is -0.257. The molecule has 0 radical (unpaired) electrons. The molecule has 1 N–H and O–H groups in total. The average Bonchev–Trinajstić information content (AvgIpc) is 2.48. The van der Waals surface area contributed by atoms with Gasteiger partial charge in [-0.1, -0.05) is 20.8 Å². The molecule has 0 aliphatic heterocycles. The summed E-state index contributed by atoms with van der Waals surface area (Å²) in [4.78, 5) is 8.14. The predicted molar refractivity (Wildman–Crippen MR) is 96.1 cm³/mol. The van der Waals surface area contributed by atoms with E-state index < -0.39 is 8.32 Å². The smallest absolute Gasteiger partial charge is 0.316 e. The molecule has 124 valence electrons. The Kier molecular flexibility index (Phi) is 4.94. The van der Waals surface area contributed by atoms with E-state index in [0.29, 0.717) is 6.01 Å². The van der Waals surface area contributed by atoms with E-state index >= 15 is 0 Å². The quantitative estimate of drug-likeness (QED) is 0.811. The summed E-state index contributed by atoms with van der Waals surface area (Å²) in [6.07, 6.45) is 3.37. The zero-order chi connectivity index (χ0) is 17.1. The van der Waals surface area contributed by atoms with E-state index in [2.05, 4.69) is 49.1 Å². The molecule has 0 saturated carbocycles. The van der Waals surface area contributed by atoms with Crippen LogP contribution in [-0.4, -0.2) is 25.4 Å². The van der Waals surface area contributed by atoms with Crippen molar-refractivity contribution in [3.05, 3.63) is 36.7 Å². The number of nitrogens with one attached hydrogen (secondary N) is 1. The highest BCUT2D eigenvalue weighted by Crippen LogP contribution is 2.37. The molecule has 1 aromatic carbocycles. The molecule has 0 amide bonds. The first-order chi connectivity index (χ1) is 10.7. The molecule has 0 unspecified atom stereocenters. The van der Waals surface area contributed by atoms with Gasteiger partial charge in [0.15, 0.2) is 0 Å². The maximum Gasteiger partial charge on any atom is 0.316 e. The number of benzene rings is 1. The lowest BCUT2D eigenvalue weighted by molar-refractivity contribution is 0.380. The zero-order valence-corrected chi connectivity index (χ0v) is 15.7. The van der Waals surface area contributed by atoms with Crippen LogP contribution < -0.4 is 14.5 Å². The molecule has 23 heavy (non-hydrogen) atoms.